The first-order valence-electron chi connectivity index (χ1n) is 5.31. The summed E-state index contributed by atoms with van der Waals surface area (Å²) < 4.78 is 0. The minimum absolute atomic E-state index is 0. The van der Waals surface area contributed by atoms with E-state index in [0.717, 1.165) is 19.4 Å². The highest BCUT2D eigenvalue weighted by atomic mass is 35.5. The number of amides is 1. The van der Waals surface area contributed by atoms with Crippen LogP contribution in [-0.2, 0) is 0 Å². The van der Waals surface area contributed by atoms with Crippen LogP contribution in [0.1, 0.15) is 30.3 Å². The molecule has 2 heterocycles. The molecule has 0 bridgehead atoms. The summed E-state index contributed by atoms with van der Waals surface area (Å²) in [5, 5.41) is 12.8. The normalized spacial score (nSPS) is 24.6. The van der Waals surface area contributed by atoms with Gasteiger partial charge in [-0.05, 0) is 32.4 Å². The number of hydrogen-bond donors (Lipinski definition) is 3. The molecule has 5 nitrogen and oxygen atoms in total. The standard InChI is InChI=1S/C10H16N4O.ClH/c1-7-8(3-2-5-11-7)13-10(15)9-4-6-12-14-9;/h4,6-8,11H,2-3,5H2,1H3,(H,12,14)(H,13,15);1H. The molecule has 1 aliphatic heterocycles. The lowest BCUT2D eigenvalue weighted by Crippen LogP contribution is -2.51. The molecule has 1 fully saturated rings. The summed E-state index contributed by atoms with van der Waals surface area (Å²) in [6.45, 7) is 3.13. The van der Waals surface area contributed by atoms with E-state index in [1.807, 2.05) is 0 Å². The maximum atomic E-state index is 11.7. The largest absolute Gasteiger partial charge is 0.346 e. The van der Waals surface area contributed by atoms with Crippen LogP contribution in [0.5, 0.6) is 0 Å². The fraction of sp³-hybridized carbons (Fsp3) is 0.600. The molecule has 6 heteroatoms. The van der Waals surface area contributed by atoms with Crippen molar-refractivity contribution in [2.75, 3.05) is 6.54 Å². The molecule has 2 unspecified atom stereocenters. The number of nitrogens with zero attached hydrogens (tertiary/aromatic N) is 1. The molecule has 0 radical (unpaired) electrons. The van der Waals surface area contributed by atoms with Gasteiger partial charge in [-0.1, -0.05) is 0 Å². The molecule has 0 aromatic carbocycles. The Labute approximate surface area is 101 Å². The van der Waals surface area contributed by atoms with Gasteiger partial charge in [-0.2, -0.15) is 5.10 Å². The summed E-state index contributed by atoms with van der Waals surface area (Å²) in [7, 11) is 0. The van der Waals surface area contributed by atoms with Gasteiger partial charge in [-0.3, -0.25) is 9.89 Å². The molecule has 0 saturated carbocycles. The van der Waals surface area contributed by atoms with Gasteiger partial charge in [0.15, 0.2) is 0 Å². The molecule has 2 atom stereocenters. The van der Waals surface area contributed by atoms with E-state index in [-0.39, 0.29) is 24.4 Å². The van der Waals surface area contributed by atoms with Crippen molar-refractivity contribution in [1.82, 2.24) is 20.8 Å². The fourth-order valence-corrected chi connectivity index (χ4v) is 1.87. The highest BCUT2D eigenvalue weighted by Crippen LogP contribution is 2.08. The monoisotopic (exact) mass is 244 g/mol. The van der Waals surface area contributed by atoms with Gasteiger partial charge >= 0.3 is 0 Å². The molecular formula is C10H17ClN4O. The number of carbonyl (C=O) groups excluding carboxylic acids is 1. The van der Waals surface area contributed by atoms with Gasteiger partial charge in [0.2, 0.25) is 0 Å². The average Bonchev–Trinajstić information content (AvgIpc) is 2.74. The van der Waals surface area contributed by atoms with Crippen LogP contribution in [0.4, 0.5) is 0 Å². The van der Waals surface area contributed by atoms with E-state index in [0.29, 0.717) is 11.7 Å². The van der Waals surface area contributed by atoms with Gasteiger partial charge in [0.1, 0.15) is 5.69 Å². The average molecular weight is 245 g/mol. The molecule has 1 aromatic rings. The summed E-state index contributed by atoms with van der Waals surface area (Å²) in [6, 6.07) is 2.23. The summed E-state index contributed by atoms with van der Waals surface area (Å²) in [6.07, 6.45) is 3.73. The summed E-state index contributed by atoms with van der Waals surface area (Å²) in [5.41, 5.74) is 0.521. The lowest BCUT2D eigenvalue weighted by atomic mass is 10.00. The Morgan fingerprint density at radius 3 is 3.06 bits per heavy atom. The second-order valence-corrected chi connectivity index (χ2v) is 3.94. The van der Waals surface area contributed by atoms with Crippen molar-refractivity contribution in [3.8, 4) is 0 Å². The van der Waals surface area contributed by atoms with Crippen molar-refractivity contribution in [3.05, 3.63) is 18.0 Å². The molecule has 3 N–H and O–H groups in total. The Hall–Kier alpha value is -1.07. The first kappa shape index (κ1) is 13.0. The van der Waals surface area contributed by atoms with Gasteiger partial charge < -0.3 is 10.6 Å². The zero-order valence-electron chi connectivity index (χ0n) is 9.19. The molecule has 90 valence electrons. The molecule has 1 amide bonds. The van der Waals surface area contributed by atoms with Gasteiger partial charge in [-0.25, -0.2) is 0 Å². The third-order valence-electron chi connectivity index (χ3n) is 2.82. The molecule has 0 spiro atoms. The van der Waals surface area contributed by atoms with Crippen LogP contribution >= 0.6 is 12.4 Å². The minimum atomic E-state index is -0.0759. The van der Waals surface area contributed by atoms with Crippen molar-refractivity contribution in [2.45, 2.75) is 31.8 Å². The molecule has 1 aromatic heterocycles. The van der Waals surface area contributed by atoms with Crippen molar-refractivity contribution in [2.24, 2.45) is 0 Å². The van der Waals surface area contributed by atoms with Crippen LogP contribution in [0.25, 0.3) is 0 Å². The van der Waals surface area contributed by atoms with Gasteiger partial charge in [0.25, 0.3) is 5.91 Å². The molecular weight excluding hydrogens is 228 g/mol. The van der Waals surface area contributed by atoms with Crippen LogP contribution < -0.4 is 10.6 Å². The first-order chi connectivity index (χ1) is 7.27. The smallest absolute Gasteiger partial charge is 0.269 e. The maximum absolute atomic E-state index is 11.7. The lowest BCUT2D eigenvalue weighted by Gasteiger charge is -2.30. The van der Waals surface area contributed by atoms with Crippen LogP contribution in [0.3, 0.4) is 0 Å². The summed E-state index contributed by atoms with van der Waals surface area (Å²) >= 11 is 0. The molecule has 0 aliphatic carbocycles. The van der Waals surface area contributed by atoms with E-state index in [2.05, 4.69) is 27.8 Å². The molecule has 1 aliphatic rings. The third-order valence-corrected chi connectivity index (χ3v) is 2.82. The topological polar surface area (TPSA) is 69.8 Å². The maximum Gasteiger partial charge on any atom is 0.269 e. The minimum Gasteiger partial charge on any atom is -0.346 e. The number of piperidine rings is 1. The number of aromatic amines is 1. The highest BCUT2D eigenvalue weighted by Gasteiger charge is 2.22. The van der Waals surface area contributed by atoms with Crippen LogP contribution in [-0.4, -0.2) is 34.7 Å². The first-order valence-corrected chi connectivity index (χ1v) is 5.31. The number of halogens is 1. The zero-order chi connectivity index (χ0) is 10.7. The van der Waals surface area contributed by atoms with Crippen LogP contribution in [0, 0.1) is 0 Å². The Morgan fingerprint density at radius 2 is 2.44 bits per heavy atom. The van der Waals surface area contributed by atoms with Gasteiger partial charge in [0, 0.05) is 18.3 Å². The zero-order valence-corrected chi connectivity index (χ0v) is 10.0. The third kappa shape index (κ3) is 2.96. The second-order valence-electron chi connectivity index (χ2n) is 3.94. The predicted octanol–water partition coefficient (Wildman–Crippen LogP) is 0.702. The lowest BCUT2D eigenvalue weighted by molar-refractivity contribution is 0.0914. The van der Waals surface area contributed by atoms with Crippen molar-refractivity contribution < 1.29 is 4.79 Å². The summed E-state index contributed by atoms with van der Waals surface area (Å²) in [5.74, 6) is -0.0759. The Kier molecular flexibility index (Phi) is 4.76. The van der Waals surface area contributed by atoms with E-state index in [1.54, 1.807) is 12.3 Å². The van der Waals surface area contributed by atoms with Crippen molar-refractivity contribution in [1.29, 1.82) is 0 Å². The quantitative estimate of drug-likeness (QED) is 0.718. The van der Waals surface area contributed by atoms with E-state index in [1.165, 1.54) is 0 Å². The van der Waals surface area contributed by atoms with Crippen molar-refractivity contribution >= 4 is 18.3 Å². The Bertz CT molecular complexity index is 328. The fourth-order valence-electron chi connectivity index (χ4n) is 1.87. The SMILES string of the molecule is CC1NCCCC1NC(=O)c1ccn[nH]1.Cl. The Morgan fingerprint density at radius 1 is 1.62 bits per heavy atom. The number of aromatic nitrogens is 2. The summed E-state index contributed by atoms with van der Waals surface area (Å²) in [4.78, 5) is 11.7. The molecule has 16 heavy (non-hydrogen) atoms. The van der Waals surface area contributed by atoms with E-state index < -0.39 is 0 Å². The predicted molar refractivity (Wildman–Crippen MR) is 63.8 cm³/mol. The number of H-pyrrole nitrogens is 1. The highest BCUT2D eigenvalue weighted by molar-refractivity contribution is 5.92. The second kappa shape index (κ2) is 5.86. The number of rotatable bonds is 2. The van der Waals surface area contributed by atoms with Crippen molar-refractivity contribution in [3.63, 3.8) is 0 Å². The van der Waals surface area contributed by atoms with Gasteiger partial charge in [-0.15, -0.1) is 12.4 Å². The van der Waals surface area contributed by atoms with E-state index in [9.17, 15) is 4.79 Å². The molecule has 2 rings (SSSR count). The number of hydrogen-bond acceptors (Lipinski definition) is 3. The van der Waals surface area contributed by atoms with Crippen LogP contribution in [0.15, 0.2) is 12.3 Å². The van der Waals surface area contributed by atoms with E-state index in [4.69, 9.17) is 0 Å². The van der Waals surface area contributed by atoms with Crippen LogP contribution in [0.2, 0.25) is 0 Å². The Balaban J connectivity index is 0.00000128. The molecule has 1 saturated heterocycles. The number of carbonyl (C=O) groups is 1. The van der Waals surface area contributed by atoms with E-state index >= 15 is 0 Å². The van der Waals surface area contributed by atoms with Gasteiger partial charge in [0.05, 0.1) is 0 Å². The number of nitrogens with one attached hydrogen (secondary N) is 3.